The maximum absolute atomic E-state index is 12.9. The molecular formula is C78H131NO8P+. The molecule has 0 radical (unpaired) electrons. The number of carbonyl (C=O) groups excluding carboxylic acids is 2. The van der Waals surface area contributed by atoms with Crippen LogP contribution in [0.3, 0.4) is 0 Å². The van der Waals surface area contributed by atoms with Crippen molar-refractivity contribution in [2.75, 3.05) is 47.5 Å². The van der Waals surface area contributed by atoms with Crippen molar-refractivity contribution in [3.63, 3.8) is 0 Å². The number of rotatable bonds is 63. The van der Waals surface area contributed by atoms with Gasteiger partial charge < -0.3 is 18.9 Å². The van der Waals surface area contributed by atoms with Gasteiger partial charge in [-0.2, -0.15) is 0 Å². The number of hydrogen-bond donors (Lipinski definition) is 1. The number of carbonyl (C=O) groups is 2. The van der Waals surface area contributed by atoms with Crippen molar-refractivity contribution in [2.24, 2.45) is 0 Å². The minimum atomic E-state index is -4.41. The maximum atomic E-state index is 12.9. The number of unbranched alkanes of at least 4 members (excludes halogenated alkanes) is 23. The lowest BCUT2D eigenvalue weighted by molar-refractivity contribution is -0.870. The van der Waals surface area contributed by atoms with Crippen LogP contribution in [0.5, 0.6) is 0 Å². The second kappa shape index (κ2) is 67.0. The highest BCUT2D eigenvalue weighted by Crippen LogP contribution is 2.43. The van der Waals surface area contributed by atoms with Crippen LogP contribution in [0, 0.1) is 0 Å². The number of allylic oxidation sites excluding steroid dienone is 26. The Bertz CT molecular complexity index is 2040. The molecule has 0 amide bonds. The van der Waals surface area contributed by atoms with Crippen LogP contribution < -0.4 is 0 Å². The molecule has 88 heavy (non-hydrogen) atoms. The molecule has 0 spiro atoms. The fourth-order valence-corrected chi connectivity index (χ4v) is 9.98. The van der Waals surface area contributed by atoms with Gasteiger partial charge in [0.15, 0.2) is 6.10 Å². The zero-order valence-corrected chi connectivity index (χ0v) is 57.8. The third kappa shape index (κ3) is 70.7. The molecule has 0 aromatic rings. The van der Waals surface area contributed by atoms with Crippen LogP contribution in [-0.2, 0) is 32.7 Å². The summed E-state index contributed by atoms with van der Waals surface area (Å²) in [5.41, 5.74) is 0. The van der Waals surface area contributed by atoms with Crippen molar-refractivity contribution in [3.05, 3.63) is 158 Å². The van der Waals surface area contributed by atoms with Gasteiger partial charge in [-0.05, 0) is 122 Å². The molecule has 1 N–H and O–H groups in total. The lowest BCUT2D eigenvalue weighted by Crippen LogP contribution is -2.37. The van der Waals surface area contributed by atoms with E-state index >= 15 is 0 Å². The van der Waals surface area contributed by atoms with Gasteiger partial charge in [-0.25, -0.2) is 4.57 Å². The number of likely N-dealkylation sites (N-methyl/N-ethyl adjacent to an activating group) is 1. The van der Waals surface area contributed by atoms with Crippen molar-refractivity contribution in [1.82, 2.24) is 0 Å². The van der Waals surface area contributed by atoms with Crippen LogP contribution in [0.25, 0.3) is 0 Å². The van der Waals surface area contributed by atoms with Crippen LogP contribution in [0.2, 0.25) is 0 Å². The molecule has 10 heteroatoms. The predicted molar refractivity (Wildman–Crippen MR) is 380 cm³/mol. The van der Waals surface area contributed by atoms with E-state index in [4.69, 9.17) is 18.5 Å². The minimum absolute atomic E-state index is 0.0221. The largest absolute Gasteiger partial charge is 0.472 e. The molecule has 500 valence electrons. The Hall–Kier alpha value is -4.37. The van der Waals surface area contributed by atoms with Crippen LogP contribution in [0.1, 0.15) is 271 Å². The van der Waals surface area contributed by atoms with Gasteiger partial charge in [0.25, 0.3) is 0 Å². The molecule has 0 aliphatic carbocycles. The van der Waals surface area contributed by atoms with Gasteiger partial charge in [-0.1, -0.05) is 294 Å². The summed E-state index contributed by atoms with van der Waals surface area (Å²) in [6.07, 6.45) is 101. The number of phosphoric acid groups is 1. The van der Waals surface area contributed by atoms with Gasteiger partial charge in [0.1, 0.15) is 19.8 Å². The topological polar surface area (TPSA) is 108 Å². The molecule has 0 aromatic carbocycles. The van der Waals surface area contributed by atoms with E-state index in [1.54, 1.807) is 0 Å². The van der Waals surface area contributed by atoms with Crippen LogP contribution in [-0.4, -0.2) is 74.9 Å². The van der Waals surface area contributed by atoms with Gasteiger partial charge in [0, 0.05) is 12.8 Å². The Kier molecular flexibility index (Phi) is 63.7. The average Bonchev–Trinajstić information content (AvgIpc) is 3.68. The summed E-state index contributed by atoms with van der Waals surface area (Å²) in [4.78, 5) is 35.9. The summed E-state index contributed by atoms with van der Waals surface area (Å²) in [7, 11) is 1.45. The van der Waals surface area contributed by atoms with Crippen LogP contribution in [0.15, 0.2) is 158 Å². The summed E-state index contributed by atoms with van der Waals surface area (Å²) >= 11 is 0. The quantitative estimate of drug-likeness (QED) is 0.0211. The SMILES string of the molecule is CC/C=C\C/C=C\C/C=C\C/C=C\C/C=C\C/C=C\C/C=C\CCCCCCCCCC(=O)OC(COC(=O)CCCCCCCCCCCCCCCCCC/C=C\C/C=C\C/C=C\C/C=C\C/C=C\C/C=C\CC)COP(=O)(O)OCC[N+](C)(C)C. The Labute approximate surface area is 541 Å². The molecule has 0 aromatic heterocycles. The van der Waals surface area contributed by atoms with E-state index in [0.717, 1.165) is 128 Å². The zero-order chi connectivity index (χ0) is 64.1. The lowest BCUT2D eigenvalue weighted by atomic mass is 10.0. The van der Waals surface area contributed by atoms with E-state index < -0.39 is 26.5 Å². The predicted octanol–water partition coefficient (Wildman–Crippen LogP) is 23.2. The van der Waals surface area contributed by atoms with Gasteiger partial charge >= 0.3 is 19.8 Å². The normalized spacial score (nSPS) is 14.1. The Morgan fingerprint density at radius 1 is 0.352 bits per heavy atom. The highest BCUT2D eigenvalue weighted by molar-refractivity contribution is 7.47. The number of esters is 2. The van der Waals surface area contributed by atoms with Gasteiger partial charge in [0.2, 0.25) is 0 Å². The lowest BCUT2D eigenvalue weighted by Gasteiger charge is -2.24. The Morgan fingerprint density at radius 2 is 0.614 bits per heavy atom. The van der Waals surface area contributed by atoms with Crippen molar-refractivity contribution < 1.29 is 42.1 Å². The number of nitrogens with zero attached hydrogens (tertiary/aromatic N) is 1. The number of quaternary nitrogens is 1. The second-order valence-electron chi connectivity index (χ2n) is 24.2. The highest BCUT2D eigenvalue weighted by atomic mass is 31.2. The summed E-state index contributed by atoms with van der Waals surface area (Å²) in [6.45, 7) is 4.19. The smallest absolute Gasteiger partial charge is 0.462 e. The average molecular weight is 1240 g/mol. The molecule has 0 heterocycles. The standard InChI is InChI=1S/C78H130NO8P/c1-6-8-10-12-14-16-18-20-22-24-26-28-30-32-34-36-37-38-39-40-41-43-44-46-48-50-52-54-56-58-60-62-64-66-68-70-77(80)84-74-76(75-86-88(82,83)85-73-72-79(3,4)5)87-78(81)71-69-67-65-63-61-59-57-55-53-51-49-47-45-42-35-33-31-29-27-25-23-21-19-17-15-13-11-9-7-2/h8-11,14-17,20-23,26-29,32-35,37-38,45,47,51,53,76H,6-7,12-13,18-19,24-25,30-31,36,39-44,46,48-50,52,54-75H2,1-5H3/p+1/b10-8-,11-9-,16-14-,17-15-,22-20-,23-21-,28-26-,29-27-,34-32-,35-33-,38-37-,47-45-,53-51-. The van der Waals surface area contributed by atoms with E-state index in [-0.39, 0.29) is 32.0 Å². The highest BCUT2D eigenvalue weighted by Gasteiger charge is 2.27. The maximum Gasteiger partial charge on any atom is 0.472 e. The third-order valence-electron chi connectivity index (χ3n) is 14.6. The molecule has 9 nitrogen and oxygen atoms in total. The fraction of sp³-hybridized carbons (Fsp3) is 0.641. The molecule has 0 aliphatic heterocycles. The Balaban J connectivity index is 4.10. The number of phosphoric ester groups is 1. The molecule has 2 atom stereocenters. The van der Waals surface area contributed by atoms with Crippen molar-refractivity contribution in [1.29, 1.82) is 0 Å². The van der Waals surface area contributed by atoms with Crippen molar-refractivity contribution in [3.8, 4) is 0 Å². The summed E-state index contributed by atoms with van der Waals surface area (Å²) in [5, 5.41) is 0. The first kappa shape index (κ1) is 83.6. The van der Waals surface area contributed by atoms with Crippen molar-refractivity contribution in [2.45, 2.75) is 277 Å². The molecular weight excluding hydrogens is 1110 g/mol. The van der Waals surface area contributed by atoms with Gasteiger partial charge in [-0.15, -0.1) is 0 Å². The molecule has 0 saturated heterocycles. The monoisotopic (exact) mass is 1240 g/mol. The molecule has 2 unspecified atom stereocenters. The summed E-state index contributed by atoms with van der Waals surface area (Å²) in [5.74, 6) is -0.814. The molecule has 0 bridgehead atoms. The molecule has 0 aliphatic rings. The van der Waals surface area contributed by atoms with E-state index in [1.807, 2.05) is 21.1 Å². The zero-order valence-electron chi connectivity index (χ0n) is 56.9. The first-order chi connectivity index (χ1) is 43.0. The van der Waals surface area contributed by atoms with E-state index in [9.17, 15) is 19.0 Å². The first-order valence-corrected chi connectivity index (χ1v) is 36.7. The minimum Gasteiger partial charge on any atom is -0.462 e. The fourth-order valence-electron chi connectivity index (χ4n) is 9.24. The van der Waals surface area contributed by atoms with Gasteiger partial charge in [-0.3, -0.25) is 18.6 Å². The van der Waals surface area contributed by atoms with Crippen LogP contribution >= 0.6 is 7.82 Å². The van der Waals surface area contributed by atoms with Crippen LogP contribution in [0.4, 0.5) is 0 Å². The first-order valence-electron chi connectivity index (χ1n) is 35.2. The summed E-state index contributed by atoms with van der Waals surface area (Å²) in [6, 6.07) is 0. The molecule has 0 saturated carbocycles. The molecule has 0 rings (SSSR count). The van der Waals surface area contributed by atoms with Gasteiger partial charge in [0.05, 0.1) is 27.7 Å². The number of hydrogen-bond acceptors (Lipinski definition) is 7. The second-order valence-corrected chi connectivity index (χ2v) is 25.6. The Morgan fingerprint density at radius 3 is 0.909 bits per heavy atom. The number of ether oxygens (including phenoxy) is 2. The summed E-state index contributed by atoms with van der Waals surface area (Å²) < 4.78 is 34.7. The van der Waals surface area contributed by atoms with E-state index in [0.29, 0.717) is 17.4 Å². The van der Waals surface area contributed by atoms with E-state index in [2.05, 4.69) is 172 Å². The van der Waals surface area contributed by atoms with Crippen molar-refractivity contribution >= 4 is 19.8 Å². The van der Waals surface area contributed by atoms with E-state index in [1.165, 1.54) is 109 Å². The third-order valence-corrected chi connectivity index (χ3v) is 15.5. The molecule has 0 fully saturated rings.